The minimum atomic E-state index is 1.20. The monoisotopic (exact) mass is 1140 g/mol. The summed E-state index contributed by atoms with van der Waals surface area (Å²) >= 11 is 0. The van der Waals surface area contributed by atoms with Gasteiger partial charge in [0, 0.05) is 0 Å². The summed E-state index contributed by atoms with van der Waals surface area (Å²) in [6.45, 7) is 0. The van der Waals surface area contributed by atoms with E-state index < -0.39 is 0 Å². The Balaban J connectivity index is 0.000000145. The molecule has 0 aliphatic carbocycles. The molecule has 0 nitrogen and oxygen atoms in total. The topological polar surface area (TPSA) is 0 Å². The maximum Gasteiger partial charge on any atom is -0.00137 e. The van der Waals surface area contributed by atoms with Crippen LogP contribution in [0.1, 0.15) is 0 Å². The molecule has 90 heavy (non-hydrogen) atoms. The predicted molar refractivity (Wildman–Crippen MR) is 387 cm³/mol. The average Bonchev–Trinajstić information content (AvgIpc) is 0.759. The Morgan fingerprint density at radius 1 is 0.111 bits per heavy atom. The van der Waals surface area contributed by atoms with Crippen LogP contribution in [0.25, 0.3) is 165 Å². The number of fused-ring (bicyclic) bond motifs is 6. The van der Waals surface area contributed by atoms with Crippen molar-refractivity contribution >= 4 is 64.6 Å². The quantitative estimate of drug-likeness (QED) is 0.126. The van der Waals surface area contributed by atoms with E-state index in [2.05, 4.69) is 364 Å². The van der Waals surface area contributed by atoms with Crippen molar-refractivity contribution in [2.45, 2.75) is 0 Å². The molecule has 0 amide bonds. The summed E-state index contributed by atoms with van der Waals surface area (Å²) in [4.78, 5) is 0. The van der Waals surface area contributed by atoms with E-state index in [9.17, 15) is 0 Å². The van der Waals surface area contributed by atoms with Crippen molar-refractivity contribution in [2.75, 3.05) is 0 Å². The highest BCUT2D eigenvalue weighted by Gasteiger charge is 2.25. The van der Waals surface area contributed by atoms with Gasteiger partial charge in [0.1, 0.15) is 0 Å². The van der Waals surface area contributed by atoms with Gasteiger partial charge in [-0.15, -0.1) is 0 Å². The maximum atomic E-state index is 2.42. The molecule has 0 bridgehead atoms. The van der Waals surface area contributed by atoms with Crippen molar-refractivity contribution in [3.8, 4) is 100 Å². The van der Waals surface area contributed by atoms with E-state index in [0.717, 1.165) is 0 Å². The molecular formula is C90H60. The van der Waals surface area contributed by atoms with Crippen LogP contribution in [0.4, 0.5) is 0 Å². The number of benzene rings is 17. The van der Waals surface area contributed by atoms with E-state index in [1.807, 2.05) is 0 Å². The lowest BCUT2D eigenvalue weighted by molar-refractivity contribution is 1.56. The zero-order valence-electron chi connectivity index (χ0n) is 49.6. The predicted octanol–water partition coefficient (Wildman–Crippen LogP) is 25.3. The Labute approximate surface area is 525 Å². The highest BCUT2D eigenvalue weighted by Crippen LogP contribution is 2.53. The lowest BCUT2D eigenvalue weighted by Gasteiger charge is -2.24. The summed E-state index contributed by atoms with van der Waals surface area (Å²) in [5.74, 6) is 0. The molecule has 0 heterocycles. The van der Waals surface area contributed by atoms with Crippen LogP contribution in [0.15, 0.2) is 364 Å². The van der Waals surface area contributed by atoms with Gasteiger partial charge in [0.2, 0.25) is 0 Å². The SMILES string of the molecule is c1ccc(-c2cc(-c3ccccc3)c(-c3c4ccccc4c(-c4ccccc4)c4cc5ccccc5cc34)c(-c3ccccc3)c2)cc1.c1ccc(-c2ccccc2-c2c3ccccc3c(-c3ccccc3-c3ccccc3)c3cc4ccccc4cc23)cc1. The third kappa shape index (κ3) is 9.78. The molecule has 0 aliphatic rings. The lowest BCUT2D eigenvalue weighted by atomic mass is 9.79. The van der Waals surface area contributed by atoms with Gasteiger partial charge < -0.3 is 0 Å². The van der Waals surface area contributed by atoms with Gasteiger partial charge in [-0.1, -0.05) is 328 Å². The van der Waals surface area contributed by atoms with Gasteiger partial charge in [0.05, 0.1) is 0 Å². The Bertz CT molecular complexity index is 5260. The van der Waals surface area contributed by atoms with Gasteiger partial charge in [-0.2, -0.15) is 0 Å². The molecule has 0 saturated carbocycles. The molecule has 0 radical (unpaired) electrons. The zero-order valence-corrected chi connectivity index (χ0v) is 49.6. The summed E-state index contributed by atoms with van der Waals surface area (Å²) in [6.07, 6.45) is 0. The van der Waals surface area contributed by atoms with Crippen LogP contribution >= 0.6 is 0 Å². The highest BCUT2D eigenvalue weighted by molar-refractivity contribution is 6.27. The molecular weight excluding hydrogens is 1080 g/mol. The molecule has 0 atom stereocenters. The fourth-order valence-corrected chi connectivity index (χ4v) is 14.0. The first-order valence-electron chi connectivity index (χ1n) is 31.1. The fraction of sp³-hybridized carbons (Fsp3) is 0. The largest absolute Gasteiger partial charge is 0.0622 e. The van der Waals surface area contributed by atoms with Crippen molar-refractivity contribution in [2.24, 2.45) is 0 Å². The Morgan fingerprint density at radius 2 is 0.356 bits per heavy atom. The van der Waals surface area contributed by atoms with Crippen molar-refractivity contribution in [1.82, 2.24) is 0 Å². The highest BCUT2D eigenvalue weighted by atomic mass is 14.3. The van der Waals surface area contributed by atoms with Crippen molar-refractivity contribution in [1.29, 1.82) is 0 Å². The molecule has 0 spiro atoms. The summed E-state index contributed by atoms with van der Waals surface area (Å²) in [6, 6.07) is 133. The van der Waals surface area contributed by atoms with Crippen LogP contribution in [0, 0.1) is 0 Å². The second-order valence-electron chi connectivity index (χ2n) is 23.3. The number of hydrogen-bond acceptors (Lipinski definition) is 0. The molecule has 17 rings (SSSR count). The first-order valence-corrected chi connectivity index (χ1v) is 31.1. The Hall–Kier alpha value is -11.7. The van der Waals surface area contributed by atoms with Crippen LogP contribution in [0.5, 0.6) is 0 Å². The van der Waals surface area contributed by atoms with Crippen LogP contribution in [-0.2, 0) is 0 Å². The van der Waals surface area contributed by atoms with E-state index in [1.54, 1.807) is 0 Å². The van der Waals surface area contributed by atoms with E-state index in [4.69, 9.17) is 0 Å². The first kappa shape index (κ1) is 53.7. The fourth-order valence-electron chi connectivity index (χ4n) is 14.0. The van der Waals surface area contributed by atoms with E-state index in [0.29, 0.717) is 0 Å². The third-order valence-electron chi connectivity index (χ3n) is 18.1. The van der Waals surface area contributed by atoms with Crippen LogP contribution in [0.2, 0.25) is 0 Å². The molecule has 0 aliphatic heterocycles. The summed E-state index contributed by atoms with van der Waals surface area (Å²) in [5, 5.41) is 15.1. The van der Waals surface area contributed by atoms with Gasteiger partial charge in [-0.05, 0) is 201 Å². The third-order valence-corrected chi connectivity index (χ3v) is 18.1. The van der Waals surface area contributed by atoms with E-state index in [1.165, 1.54) is 165 Å². The Morgan fingerprint density at radius 3 is 0.722 bits per heavy atom. The molecule has 0 heteroatoms. The maximum absolute atomic E-state index is 2.42. The molecule has 17 aromatic rings. The normalized spacial score (nSPS) is 11.3. The molecule has 420 valence electrons. The van der Waals surface area contributed by atoms with Crippen molar-refractivity contribution in [3.05, 3.63) is 364 Å². The number of hydrogen-bond donors (Lipinski definition) is 0. The molecule has 0 fully saturated rings. The Kier molecular flexibility index (Phi) is 14.1. The van der Waals surface area contributed by atoms with Crippen LogP contribution in [-0.4, -0.2) is 0 Å². The van der Waals surface area contributed by atoms with Crippen LogP contribution < -0.4 is 0 Å². The molecule has 17 aromatic carbocycles. The molecule has 0 unspecified atom stereocenters. The summed E-state index contributed by atoms with van der Waals surface area (Å²) in [5.41, 5.74) is 22.3. The zero-order chi connectivity index (χ0) is 59.7. The van der Waals surface area contributed by atoms with E-state index >= 15 is 0 Å². The van der Waals surface area contributed by atoms with Gasteiger partial charge in [0.25, 0.3) is 0 Å². The summed E-state index contributed by atoms with van der Waals surface area (Å²) in [7, 11) is 0. The lowest BCUT2D eigenvalue weighted by Crippen LogP contribution is -1.97. The minimum absolute atomic E-state index is 1.20. The second kappa shape index (κ2) is 23.5. The standard InChI is InChI=1S/C48H32.C42H28/c1-5-17-33(18-6-1)39-31-42(34-19-7-2-8-20-34)48(43(32-39)35-21-9-3-10-22-35)47-41-28-16-15-27-40(41)46(36-23-11-4-12-24-36)44-29-37-25-13-14-26-38(37)30-45(44)47;1-3-15-29(16-4-1)33-21-9-11-23-35(33)41-37-25-13-14-26-38(37)42(40-28-32-20-8-7-19-31(32)27-39(40)41)36-24-12-10-22-34(36)30-17-5-2-6-18-30/h1-32H;1-28H. The molecule has 0 N–H and O–H groups in total. The van der Waals surface area contributed by atoms with Gasteiger partial charge in [-0.25, -0.2) is 0 Å². The molecule has 0 saturated heterocycles. The minimum Gasteiger partial charge on any atom is -0.0622 e. The summed E-state index contributed by atoms with van der Waals surface area (Å²) < 4.78 is 0. The van der Waals surface area contributed by atoms with Crippen molar-refractivity contribution in [3.63, 3.8) is 0 Å². The van der Waals surface area contributed by atoms with Gasteiger partial charge in [-0.3, -0.25) is 0 Å². The van der Waals surface area contributed by atoms with Gasteiger partial charge >= 0.3 is 0 Å². The van der Waals surface area contributed by atoms with Gasteiger partial charge in [0.15, 0.2) is 0 Å². The van der Waals surface area contributed by atoms with Crippen molar-refractivity contribution < 1.29 is 0 Å². The average molecular weight is 1140 g/mol. The van der Waals surface area contributed by atoms with Crippen LogP contribution in [0.3, 0.4) is 0 Å². The first-order chi connectivity index (χ1) is 44.7. The smallest absolute Gasteiger partial charge is 0.00137 e. The second-order valence-corrected chi connectivity index (χ2v) is 23.3. The number of rotatable bonds is 9. The molecule has 0 aromatic heterocycles. The van der Waals surface area contributed by atoms with E-state index in [-0.39, 0.29) is 0 Å².